The minimum Gasteiger partial charge on any atom is -0.472 e. The Hall–Kier alpha value is -1.82. The van der Waals surface area contributed by atoms with Gasteiger partial charge in [-0.05, 0) is 19.3 Å². The molecule has 23 heavy (non-hydrogen) atoms. The van der Waals surface area contributed by atoms with Gasteiger partial charge in [-0.15, -0.1) is 0 Å². The van der Waals surface area contributed by atoms with Crippen LogP contribution in [0, 0.1) is 5.92 Å². The van der Waals surface area contributed by atoms with Crippen LogP contribution in [0.2, 0.25) is 0 Å². The molecular weight excluding hydrogens is 300 g/mol. The van der Waals surface area contributed by atoms with Crippen LogP contribution in [-0.4, -0.2) is 39.6 Å². The largest absolute Gasteiger partial charge is 0.472 e. The van der Waals surface area contributed by atoms with E-state index in [9.17, 15) is 9.59 Å². The van der Waals surface area contributed by atoms with Gasteiger partial charge < -0.3 is 18.9 Å². The van der Waals surface area contributed by atoms with Gasteiger partial charge in [0, 0.05) is 12.7 Å². The number of methoxy groups -OCH3 is 3. The average molecular weight is 324 g/mol. The fourth-order valence-electron chi connectivity index (χ4n) is 3.22. The lowest BCUT2D eigenvalue weighted by Crippen LogP contribution is -2.31. The normalized spacial score (nSPS) is 25.1. The number of carbonyl (C=O) groups excluding carboxylic acids is 2. The first-order valence-electron chi connectivity index (χ1n) is 7.92. The van der Waals surface area contributed by atoms with Crippen LogP contribution in [0.3, 0.4) is 0 Å². The standard InChI is InChI=1S/C17H24O6/c1-20-15(18)13-11-8-6-4-5-7-9-12(14(13)16(19)21-2)17(22-3)23-10-11/h10,12,17H,4-9H2,1-3H3. The van der Waals surface area contributed by atoms with Crippen molar-refractivity contribution in [2.24, 2.45) is 5.92 Å². The van der Waals surface area contributed by atoms with Gasteiger partial charge in [-0.3, -0.25) is 0 Å². The summed E-state index contributed by atoms with van der Waals surface area (Å²) in [7, 11) is 4.15. The van der Waals surface area contributed by atoms with Crippen molar-refractivity contribution in [3.05, 3.63) is 23.0 Å². The second-order valence-corrected chi connectivity index (χ2v) is 5.71. The molecule has 2 bridgehead atoms. The fourth-order valence-corrected chi connectivity index (χ4v) is 3.22. The predicted molar refractivity (Wildman–Crippen MR) is 82.2 cm³/mol. The molecule has 1 heterocycles. The van der Waals surface area contributed by atoms with E-state index in [0.29, 0.717) is 24.0 Å². The lowest BCUT2D eigenvalue weighted by atomic mass is 9.84. The Kier molecular flexibility index (Phi) is 6.21. The first-order chi connectivity index (χ1) is 11.1. The third-order valence-electron chi connectivity index (χ3n) is 4.37. The highest BCUT2D eigenvalue weighted by Gasteiger charge is 2.39. The molecule has 0 amide bonds. The summed E-state index contributed by atoms with van der Waals surface area (Å²) in [5.74, 6) is -1.44. The summed E-state index contributed by atoms with van der Waals surface area (Å²) in [4.78, 5) is 24.8. The highest BCUT2D eigenvalue weighted by molar-refractivity contribution is 6.04. The topological polar surface area (TPSA) is 71.1 Å². The van der Waals surface area contributed by atoms with E-state index in [2.05, 4.69) is 0 Å². The van der Waals surface area contributed by atoms with E-state index < -0.39 is 18.2 Å². The molecule has 2 rings (SSSR count). The van der Waals surface area contributed by atoms with Crippen LogP contribution in [0.5, 0.6) is 0 Å². The summed E-state index contributed by atoms with van der Waals surface area (Å²) in [5, 5.41) is 0. The van der Waals surface area contributed by atoms with Crippen molar-refractivity contribution < 1.29 is 28.5 Å². The van der Waals surface area contributed by atoms with Gasteiger partial charge in [0.25, 0.3) is 0 Å². The van der Waals surface area contributed by atoms with Crippen molar-refractivity contribution in [3.8, 4) is 0 Å². The minimum atomic E-state index is -0.626. The van der Waals surface area contributed by atoms with Gasteiger partial charge in [0.1, 0.15) is 0 Å². The molecule has 0 aromatic heterocycles. The number of esters is 2. The van der Waals surface area contributed by atoms with E-state index in [0.717, 1.165) is 25.7 Å². The van der Waals surface area contributed by atoms with Crippen molar-refractivity contribution >= 4 is 11.9 Å². The van der Waals surface area contributed by atoms with E-state index in [1.807, 2.05) is 0 Å². The molecule has 0 aromatic carbocycles. The van der Waals surface area contributed by atoms with Crippen LogP contribution in [0.25, 0.3) is 0 Å². The maximum absolute atomic E-state index is 12.4. The smallest absolute Gasteiger partial charge is 0.338 e. The lowest BCUT2D eigenvalue weighted by Gasteiger charge is -2.26. The second kappa shape index (κ2) is 8.15. The Morgan fingerprint density at radius 2 is 1.74 bits per heavy atom. The number of carbonyl (C=O) groups is 2. The van der Waals surface area contributed by atoms with Crippen LogP contribution in [0.1, 0.15) is 38.5 Å². The second-order valence-electron chi connectivity index (χ2n) is 5.71. The van der Waals surface area contributed by atoms with Gasteiger partial charge in [0.15, 0.2) is 0 Å². The molecule has 128 valence electrons. The molecule has 0 spiro atoms. The molecule has 0 fully saturated rings. The van der Waals surface area contributed by atoms with Crippen molar-refractivity contribution in [3.63, 3.8) is 0 Å². The molecule has 0 aromatic rings. The predicted octanol–water partition coefficient (Wildman–Crippen LogP) is 2.49. The zero-order valence-electron chi connectivity index (χ0n) is 13.9. The lowest BCUT2D eigenvalue weighted by molar-refractivity contribution is -0.143. The molecule has 1 aliphatic carbocycles. The molecule has 0 radical (unpaired) electrons. The Morgan fingerprint density at radius 3 is 2.39 bits per heavy atom. The van der Waals surface area contributed by atoms with Crippen LogP contribution in [0.15, 0.2) is 23.0 Å². The highest BCUT2D eigenvalue weighted by Crippen LogP contribution is 2.37. The van der Waals surface area contributed by atoms with Gasteiger partial charge >= 0.3 is 11.9 Å². The van der Waals surface area contributed by atoms with Gasteiger partial charge in [-0.25, -0.2) is 9.59 Å². The fraction of sp³-hybridized carbons (Fsp3) is 0.647. The van der Waals surface area contributed by atoms with Gasteiger partial charge in [-0.1, -0.05) is 19.3 Å². The molecule has 0 saturated heterocycles. The Morgan fingerprint density at radius 1 is 1.04 bits per heavy atom. The first kappa shape index (κ1) is 17.5. The molecular formula is C17H24O6. The summed E-state index contributed by atoms with van der Waals surface area (Å²) in [6, 6.07) is 0. The molecule has 2 atom stereocenters. The zero-order chi connectivity index (χ0) is 16.8. The monoisotopic (exact) mass is 324 g/mol. The van der Waals surface area contributed by atoms with Gasteiger partial charge in [-0.2, -0.15) is 0 Å². The van der Waals surface area contributed by atoms with Crippen molar-refractivity contribution in [2.75, 3.05) is 21.3 Å². The van der Waals surface area contributed by atoms with Gasteiger partial charge in [0.05, 0.1) is 37.5 Å². The SMILES string of the molecule is COC(=O)C1=C(C(=O)OC)C2CCCCCCC1=COC2OC. The van der Waals surface area contributed by atoms with Crippen molar-refractivity contribution in [1.29, 1.82) is 0 Å². The third-order valence-corrected chi connectivity index (χ3v) is 4.37. The summed E-state index contributed by atoms with van der Waals surface area (Å²) < 4.78 is 21.0. The Balaban J connectivity index is 2.64. The zero-order valence-corrected chi connectivity index (χ0v) is 13.9. The molecule has 2 aliphatic rings. The summed E-state index contributed by atoms with van der Waals surface area (Å²) in [6.45, 7) is 0. The highest BCUT2D eigenvalue weighted by atomic mass is 16.7. The molecule has 2 unspecified atom stereocenters. The van der Waals surface area contributed by atoms with E-state index in [1.54, 1.807) is 0 Å². The van der Waals surface area contributed by atoms with Crippen LogP contribution in [-0.2, 0) is 28.5 Å². The molecule has 0 saturated carbocycles. The summed E-state index contributed by atoms with van der Waals surface area (Å²) >= 11 is 0. The van der Waals surface area contributed by atoms with E-state index >= 15 is 0 Å². The van der Waals surface area contributed by atoms with Crippen molar-refractivity contribution in [1.82, 2.24) is 0 Å². The molecule has 6 heteroatoms. The van der Waals surface area contributed by atoms with E-state index in [1.165, 1.54) is 27.6 Å². The number of hydrogen-bond acceptors (Lipinski definition) is 6. The summed E-state index contributed by atoms with van der Waals surface area (Å²) in [5.41, 5.74) is 1.24. The molecule has 0 N–H and O–H groups in total. The third kappa shape index (κ3) is 3.75. The quantitative estimate of drug-likeness (QED) is 0.743. The van der Waals surface area contributed by atoms with Crippen LogP contribution < -0.4 is 0 Å². The maximum Gasteiger partial charge on any atom is 0.338 e. The van der Waals surface area contributed by atoms with E-state index in [4.69, 9.17) is 18.9 Å². The number of hydrogen-bond donors (Lipinski definition) is 0. The van der Waals surface area contributed by atoms with E-state index in [-0.39, 0.29) is 11.5 Å². The van der Waals surface area contributed by atoms with Crippen LogP contribution >= 0.6 is 0 Å². The number of fused-ring (bicyclic) bond motifs is 2. The summed E-state index contributed by atoms with van der Waals surface area (Å²) in [6.07, 6.45) is 6.24. The van der Waals surface area contributed by atoms with Crippen LogP contribution in [0.4, 0.5) is 0 Å². The molecule has 6 nitrogen and oxygen atoms in total. The minimum absolute atomic E-state index is 0.269. The molecule has 1 aliphatic heterocycles. The maximum atomic E-state index is 12.4. The Labute approximate surface area is 136 Å². The van der Waals surface area contributed by atoms with Crippen molar-refractivity contribution in [2.45, 2.75) is 44.8 Å². The van der Waals surface area contributed by atoms with Gasteiger partial charge in [0.2, 0.25) is 6.29 Å². The number of rotatable bonds is 3. The number of ether oxygens (including phenoxy) is 4. The first-order valence-corrected chi connectivity index (χ1v) is 7.92. The Bertz CT molecular complexity index is 519. The average Bonchev–Trinajstić information content (AvgIpc) is 2.76.